The zero-order valence-corrected chi connectivity index (χ0v) is 15.7. The first kappa shape index (κ1) is 18.1. The van der Waals surface area contributed by atoms with Gasteiger partial charge < -0.3 is 14.8 Å². The Labute approximate surface area is 144 Å². The molecular formula is C15H20BrNO5S. The first-order valence-corrected chi connectivity index (χ1v) is 9.72. The van der Waals surface area contributed by atoms with Crippen LogP contribution in [0.3, 0.4) is 0 Å². The fraction of sp³-hybridized carbons (Fsp3) is 0.533. The van der Waals surface area contributed by atoms with E-state index in [1.54, 1.807) is 19.9 Å². The Kier molecular flexibility index (Phi) is 5.57. The Morgan fingerprint density at radius 3 is 2.57 bits per heavy atom. The summed E-state index contributed by atoms with van der Waals surface area (Å²) < 4.78 is 35.8. The van der Waals surface area contributed by atoms with Gasteiger partial charge in [-0.15, -0.1) is 0 Å². The molecule has 0 saturated heterocycles. The second-order valence-corrected chi connectivity index (χ2v) is 9.28. The van der Waals surface area contributed by atoms with E-state index in [1.165, 1.54) is 6.92 Å². The number of fused-ring (bicyclic) bond motifs is 1. The normalized spacial score (nSPS) is 15.3. The number of benzene rings is 1. The van der Waals surface area contributed by atoms with Crippen molar-refractivity contribution < 1.29 is 22.7 Å². The Bertz CT molecular complexity index is 702. The van der Waals surface area contributed by atoms with E-state index in [9.17, 15) is 13.2 Å². The standard InChI is InChI=1S/C15H20BrNO5S/c1-9(2)23(19,20)10(3)15(18)17-8-11-6-12(16)14-13(7-11)21-4-5-22-14/h6-7,9-10H,4-5,8H2,1-3H3,(H,17,18). The molecule has 1 aliphatic heterocycles. The molecule has 1 aromatic carbocycles. The van der Waals surface area contributed by atoms with Gasteiger partial charge in [-0.2, -0.15) is 0 Å². The Hall–Kier alpha value is -1.28. The largest absolute Gasteiger partial charge is 0.486 e. The van der Waals surface area contributed by atoms with Gasteiger partial charge in [-0.3, -0.25) is 4.79 Å². The molecule has 128 valence electrons. The monoisotopic (exact) mass is 405 g/mol. The number of hydrogen-bond donors (Lipinski definition) is 1. The lowest BCUT2D eigenvalue weighted by Gasteiger charge is -2.21. The van der Waals surface area contributed by atoms with Gasteiger partial charge >= 0.3 is 0 Å². The Balaban J connectivity index is 2.06. The van der Waals surface area contributed by atoms with Crippen LogP contribution in [0.15, 0.2) is 16.6 Å². The van der Waals surface area contributed by atoms with Crippen molar-refractivity contribution in [3.05, 3.63) is 22.2 Å². The predicted molar refractivity (Wildman–Crippen MR) is 90.5 cm³/mol. The zero-order chi connectivity index (χ0) is 17.2. The third-order valence-corrected chi connectivity index (χ3v) is 6.75. The fourth-order valence-corrected chi connectivity index (χ4v) is 3.96. The maximum absolute atomic E-state index is 12.1. The fourth-order valence-electron chi connectivity index (χ4n) is 2.16. The second-order valence-electron chi connectivity index (χ2n) is 5.60. The van der Waals surface area contributed by atoms with Crippen molar-refractivity contribution in [2.75, 3.05) is 13.2 Å². The Morgan fingerprint density at radius 2 is 1.91 bits per heavy atom. The highest BCUT2D eigenvalue weighted by molar-refractivity contribution is 9.10. The van der Waals surface area contributed by atoms with E-state index in [2.05, 4.69) is 21.2 Å². The molecule has 8 heteroatoms. The highest BCUT2D eigenvalue weighted by Crippen LogP contribution is 2.38. The zero-order valence-electron chi connectivity index (χ0n) is 13.3. The summed E-state index contributed by atoms with van der Waals surface area (Å²) in [4.78, 5) is 12.1. The number of amides is 1. The average molecular weight is 406 g/mol. The van der Waals surface area contributed by atoms with Gasteiger partial charge in [-0.1, -0.05) is 0 Å². The lowest BCUT2D eigenvalue weighted by Crippen LogP contribution is -2.40. The van der Waals surface area contributed by atoms with Gasteiger partial charge in [0.05, 0.1) is 9.72 Å². The van der Waals surface area contributed by atoms with Gasteiger partial charge in [0.2, 0.25) is 5.91 Å². The van der Waals surface area contributed by atoms with Gasteiger partial charge in [0, 0.05) is 6.54 Å². The summed E-state index contributed by atoms with van der Waals surface area (Å²) in [6.45, 7) is 5.72. The first-order chi connectivity index (χ1) is 10.7. The van der Waals surface area contributed by atoms with E-state index in [4.69, 9.17) is 9.47 Å². The van der Waals surface area contributed by atoms with Crippen molar-refractivity contribution in [2.24, 2.45) is 0 Å². The molecule has 2 rings (SSSR count). The van der Waals surface area contributed by atoms with Crippen LogP contribution in [0.5, 0.6) is 11.5 Å². The van der Waals surface area contributed by atoms with Crippen molar-refractivity contribution in [1.29, 1.82) is 0 Å². The minimum atomic E-state index is -3.47. The number of halogens is 1. The molecule has 0 bridgehead atoms. The van der Waals surface area contributed by atoms with Crippen LogP contribution in [0.25, 0.3) is 0 Å². The minimum absolute atomic E-state index is 0.214. The highest BCUT2D eigenvalue weighted by Gasteiger charge is 2.30. The average Bonchev–Trinajstić information content (AvgIpc) is 2.51. The molecule has 6 nitrogen and oxygen atoms in total. The number of rotatable bonds is 5. The van der Waals surface area contributed by atoms with E-state index in [1.807, 2.05) is 6.07 Å². The molecule has 1 N–H and O–H groups in total. The van der Waals surface area contributed by atoms with E-state index in [0.29, 0.717) is 24.7 Å². The maximum Gasteiger partial charge on any atom is 0.238 e. The molecule has 0 aliphatic carbocycles. The van der Waals surface area contributed by atoms with Crippen LogP contribution in [0.1, 0.15) is 26.3 Å². The number of hydrogen-bond acceptors (Lipinski definition) is 5. The van der Waals surface area contributed by atoms with E-state index >= 15 is 0 Å². The van der Waals surface area contributed by atoms with Crippen molar-refractivity contribution in [2.45, 2.75) is 37.8 Å². The van der Waals surface area contributed by atoms with Gasteiger partial charge in [0.25, 0.3) is 0 Å². The van der Waals surface area contributed by atoms with E-state index in [0.717, 1.165) is 10.0 Å². The smallest absolute Gasteiger partial charge is 0.238 e. The molecule has 1 unspecified atom stereocenters. The maximum atomic E-state index is 12.1. The Morgan fingerprint density at radius 1 is 1.26 bits per heavy atom. The highest BCUT2D eigenvalue weighted by atomic mass is 79.9. The van der Waals surface area contributed by atoms with Crippen LogP contribution in [-0.4, -0.2) is 38.0 Å². The number of nitrogens with one attached hydrogen (secondary N) is 1. The third kappa shape index (κ3) is 3.98. The molecule has 1 aliphatic rings. The van der Waals surface area contributed by atoms with E-state index in [-0.39, 0.29) is 6.54 Å². The van der Waals surface area contributed by atoms with Crippen LogP contribution in [0, 0.1) is 0 Å². The summed E-state index contributed by atoms with van der Waals surface area (Å²) >= 11 is 3.41. The molecule has 1 amide bonds. The lowest BCUT2D eigenvalue weighted by atomic mass is 10.2. The summed E-state index contributed by atoms with van der Waals surface area (Å²) in [7, 11) is -3.47. The molecule has 0 radical (unpaired) electrons. The molecule has 23 heavy (non-hydrogen) atoms. The molecule has 0 spiro atoms. The van der Waals surface area contributed by atoms with Gasteiger partial charge in [-0.25, -0.2) is 8.42 Å². The number of ether oxygens (including phenoxy) is 2. The number of sulfone groups is 1. The van der Waals surface area contributed by atoms with Gasteiger partial charge in [0.15, 0.2) is 21.3 Å². The van der Waals surface area contributed by atoms with Crippen molar-refractivity contribution in [3.8, 4) is 11.5 Å². The molecule has 1 atom stereocenters. The van der Waals surface area contributed by atoms with Crippen molar-refractivity contribution >= 4 is 31.7 Å². The van der Waals surface area contributed by atoms with Crippen LogP contribution < -0.4 is 14.8 Å². The summed E-state index contributed by atoms with van der Waals surface area (Å²) in [6, 6.07) is 3.59. The summed E-state index contributed by atoms with van der Waals surface area (Å²) in [5.41, 5.74) is 0.795. The second kappa shape index (κ2) is 7.09. The van der Waals surface area contributed by atoms with Crippen LogP contribution in [0.2, 0.25) is 0 Å². The molecule has 1 aromatic rings. The van der Waals surface area contributed by atoms with Gasteiger partial charge in [0.1, 0.15) is 18.5 Å². The molecule has 0 saturated carbocycles. The van der Waals surface area contributed by atoms with Crippen LogP contribution in [0.4, 0.5) is 0 Å². The van der Waals surface area contributed by atoms with E-state index < -0.39 is 26.2 Å². The van der Waals surface area contributed by atoms with Crippen LogP contribution >= 0.6 is 15.9 Å². The number of carbonyl (C=O) groups excluding carboxylic acids is 1. The third-order valence-electron chi connectivity index (χ3n) is 3.64. The summed E-state index contributed by atoms with van der Waals surface area (Å²) in [5, 5.41) is 0.987. The predicted octanol–water partition coefficient (Wildman–Crippen LogP) is 2.05. The lowest BCUT2D eigenvalue weighted by molar-refractivity contribution is -0.120. The first-order valence-electron chi connectivity index (χ1n) is 7.32. The molecule has 0 aromatic heterocycles. The summed E-state index contributed by atoms with van der Waals surface area (Å²) in [5.74, 6) is 0.740. The van der Waals surface area contributed by atoms with Gasteiger partial charge in [-0.05, 0) is 54.4 Å². The summed E-state index contributed by atoms with van der Waals surface area (Å²) in [6.07, 6.45) is 0. The van der Waals surface area contributed by atoms with Crippen molar-refractivity contribution in [3.63, 3.8) is 0 Å². The van der Waals surface area contributed by atoms with Crippen LogP contribution in [-0.2, 0) is 21.2 Å². The molecular weight excluding hydrogens is 386 g/mol. The quantitative estimate of drug-likeness (QED) is 0.810. The molecule has 1 heterocycles. The minimum Gasteiger partial charge on any atom is -0.486 e. The SMILES string of the molecule is CC(C)S(=O)(=O)C(C)C(=O)NCc1cc(Br)c2c(c1)OCCO2. The van der Waals surface area contributed by atoms with Crippen molar-refractivity contribution in [1.82, 2.24) is 5.32 Å². The topological polar surface area (TPSA) is 81.7 Å². The number of carbonyl (C=O) groups is 1. The molecule has 0 fully saturated rings.